The van der Waals surface area contributed by atoms with Crippen molar-refractivity contribution in [1.82, 2.24) is 5.32 Å². The Bertz CT molecular complexity index is 858. The Morgan fingerprint density at radius 2 is 1.88 bits per heavy atom. The molecule has 2 aromatic carbocycles. The van der Waals surface area contributed by atoms with Gasteiger partial charge in [0.25, 0.3) is 0 Å². The molecule has 0 aliphatic heterocycles. The topological polar surface area (TPSA) is 115 Å². The van der Waals surface area contributed by atoms with Gasteiger partial charge in [-0.2, -0.15) is 4.39 Å². The molecule has 0 unspecified atom stereocenters. The number of nitrogens with two attached hydrogens (primary N) is 1. The minimum absolute atomic E-state index is 0.147. The monoisotopic (exact) mass is 363 g/mol. The van der Waals surface area contributed by atoms with Crippen LogP contribution in [0.5, 0.6) is 0 Å². The third-order valence-corrected chi connectivity index (χ3v) is 3.58. The zero-order valence-electron chi connectivity index (χ0n) is 13.4. The van der Waals surface area contributed by atoms with Gasteiger partial charge >= 0.3 is 5.69 Å². The summed E-state index contributed by atoms with van der Waals surface area (Å²) in [6.07, 6.45) is -0.323. The number of primary amides is 1. The van der Waals surface area contributed by atoms with Crippen LogP contribution in [0, 0.1) is 21.7 Å². The second-order valence-corrected chi connectivity index (χ2v) is 5.58. The number of benzene rings is 2. The maximum Gasteiger partial charge on any atom is 0.305 e. The number of nitrogens with one attached hydrogen (secondary N) is 1. The highest BCUT2D eigenvalue weighted by Gasteiger charge is 2.21. The first-order chi connectivity index (χ1) is 12.3. The van der Waals surface area contributed by atoms with Crippen LogP contribution in [0.4, 0.5) is 14.5 Å². The molecule has 26 heavy (non-hydrogen) atoms. The lowest BCUT2D eigenvalue weighted by Gasteiger charge is -2.15. The number of carbonyl (C=O) groups excluding carboxylic acids is 2. The van der Waals surface area contributed by atoms with Gasteiger partial charge in [-0.25, -0.2) is 4.39 Å². The van der Waals surface area contributed by atoms with E-state index in [2.05, 4.69) is 5.32 Å². The van der Waals surface area contributed by atoms with Crippen molar-refractivity contribution in [1.29, 1.82) is 0 Å². The van der Waals surface area contributed by atoms with Crippen LogP contribution in [0.15, 0.2) is 42.5 Å². The minimum Gasteiger partial charge on any atom is -0.368 e. The zero-order valence-corrected chi connectivity index (χ0v) is 13.4. The van der Waals surface area contributed by atoms with E-state index < -0.39 is 40.1 Å². The molecule has 7 nitrogen and oxygen atoms in total. The number of rotatable bonds is 7. The standard InChI is InChI=1S/C17H15F2N3O4/c18-12-3-1-2-10(6-12)9-16(23)21-14(17(20)24)7-11-4-5-13(19)15(8-11)22(25)26/h1-6,8,14H,7,9H2,(H2,20,24)(H,21,23)/t14-/m1/s1. The van der Waals surface area contributed by atoms with Crippen molar-refractivity contribution < 1.29 is 23.3 Å². The molecule has 1 atom stereocenters. The highest BCUT2D eigenvalue weighted by atomic mass is 19.1. The van der Waals surface area contributed by atoms with Crippen LogP contribution in [0.25, 0.3) is 0 Å². The molecule has 0 saturated carbocycles. The molecule has 0 fully saturated rings. The number of hydrogen-bond acceptors (Lipinski definition) is 4. The van der Waals surface area contributed by atoms with Crippen molar-refractivity contribution in [3.63, 3.8) is 0 Å². The first kappa shape index (κ1) is 19.0. The molecule has 0 heterocycles. The zero-order chi connectivity index (χ0) is 19.3. The van der Waals surface area contributed by atoms with Crippen molar-refractivity contribution in [2.24, 2.45) is 5.73 Å². The fourth-order valence-electron chi connectivity index (χ4n) is 2.36. The maximum absolute atomic E-state index is 13.4. The van der Waals surface area contributed by atoms with E-state index >= 15 is 0 Å². The number of carbonyl (C=O) groups is 2. The maximum atomic E-state index is 13.4. The van der Waals surface area contributed by atoms with Crippen LogP contribution in [0.3, 0.4) is 0 Å². The van der Waals surface area contributed by atoms with Gasteiger partial charge in [0.2, 0.25) is 17.6 Å². The molecular weight excluding hydrogens is 348 g/mol. The molecule has 0 saturated heterocycles. The van der Waals surface area contributed by atoms with E-state index in [1.807, 2.05) is 0 Å². The lowest BCUT2D eigenvalue weighted by Crippen LogP contribution is -2.46. The van der Waals surface area contributed by atoms with E-state index in [1.165, 1.54) is 24.3 Å². The SMILES string of the molecule is NC(=O)[C@@H](Cc1ccc(F)c([N+](=O)[O-])c1)NC(=O)Cc1cccc(F)c1. The average molecular weight is 363 g/mol. The first-order valence-electron chi connectivity index (χ1n) is 7.52. The van der Waals surface area contributed by atoms with Gasteiger partial charge in [-0.3, -0.25) is 19.7 Å². The summed E-state index contributed by atoms with van der Waals surface area (Å²) >= 11 is 0. The molecule has 2 amide bonds. The molecule has 2 rings (SSSR count). The first-order valence-corrected chi connectivity index (χ1v) is 7.52. The molecule has 2 aromatic rings. The predicted molar refractivity (Wildman–Crippen MR) is 88.0 cm³/mol. The van der Waals surface area contributed by atoms with Gasteiger partial charge in [0.15, 0.2) is 0 Å². The number of amides is 2. The molecule has 0 aliphatic carbocycles. The molecule has 0 radical (unpaired) electrons. The Morgan fingerprint density at radius 1 is 1.15 bits per heavy atom. The fourth-order valence-corrected chi connectivity index (χ4v) is 2.36. The van der Waals surface area contributed by atoms with Gasteiger partial charge in [-0.15, -0.1) is 0 Å². The van der Waals surface area contributed by atoms with Crippen LogP contribution in [0.2, 0.25) is 0 Å². The summed E-state index contributed by atoms with van der Waals surface area (Å²) in [6, 6.07) is 7.39. The van der Waals surface area contributed by atoms with Crippen LogP contribution < -0.4 is 11.1 Å². The van der Waals surface area contributed by atoms with E-state index in [-0.39, 0.29) is 18.4 Å². The number of nitrogens with zero attached hydrogens (tertiary/aromatic N) is 1. The molecule has 0 aromatic heterocycles. The number of hydrogen-bond donors (Lipinski definition) is 2. The van der Waals surface area contributed by atoms with Gasteiger partial charge < -0.3 is 11.1 Å². The van der Waals surface area contributed by atoms with Crippen molar-refractivity contribution in [3.8, 4) is 0 Å². The van der Waals surface area contributed by atoms with E-state index in [0.717, 1.165) is 12.1 Å². The highest BCUT2D eigenvalue weighted by Crippen LogP contribution is 2.19. The van der Waals surface area contributed by atoms with Crippen LogP contribution in [0.1, 0.15) is 11.1 Å². The average Bonchev–Trinajstić information content (AvgIpc) is 2.55. The molecule has 136 valence electrons. The smallest absolute Gasteiger partial charge is 0.305 e. The summed E-state index contributed by atoms with van der Waals surface area (Å²) in [5.41, 5.74) is 5.18. The highest BCUT2D eigenvalue weighted by molar-refractivity contribution is 5.87. The summed E-state index contributed by atoms with van der Waals surface area (Å²) in [5.74, 6) is -2.94. The molecule has 0 aliphatic rings. The third-order valence-electron chi connectivity index (χ3n) is 3.58. The molecule has 9 heteroatoms. The minimum atomic E-state index is -1.15. The summed E-state index contributed by atoms with van der Waals surface area (Å²) in [5, 5.41) is 13.2. The lowest BCUT2D eigenvalue weighted by molar-refractivity contribution is -0.387. The van der Waals surface area contributed by atoms with Gasteiger partial charge in [0.1, 0.15) is 11.9 Å². The molecule has 3 N–H and O–H groups in total. The second-order valence-electron chi connectivity index (χ2n) is 5.58. The second kappa shape index (κ2) is 8.15. The fraction of sp³-hybridized carbons (Fsp3) is 0.176. The molecule has 0 bridgehead atoms. The largest absolute Gasteiger partial charge is 0.368 e. The number of nitro groups is 1. The van der Waals surface area contributed by atoms with Gasteiger partial charge in [0.05, 0.1) is 11.3 Å². The summed E-state index contributed by atoms with van der Waals surface area (Å²) in [4.78, 5) is 33.5. The van der Waals surface area contributed by atoms with Gasteiger partial charge in [-0.05, 0) is 29.3 Å². The Kier molecular flexibility index (Phi) is 5.94. The quantitative estimate of drug-likeness (QED) is 0.574. The van der Waals surface area contributed by atoms with Crippen molar-refractivity contribution in [2.45, 2.75) is 18.9 Å². The van der Waals surface area contributed by atoms with Gasteiger partial charge in [0, 0.05) is 12.5 Å². The Balaban J connectivity index is 2.09. The van der Waals surface area contributed by atoms with E-state index in [4.69, 9.17) is 5.73 Å². The summed E-state index contributed by atoms with van der Waals surface area (Å²) < 4.78 is 26.5. The molecular formula is C17H15F2N3O4. The normalized spacial score (nSPS) is 11.6. The summed E-state index contributed by atoms with van der Waals surface area (Å²) in [7, 11) is 0. The van der Waals surface area contributed by atoms with Crippen LogP contribution in [-0.2, 0) is 22.4 Å². The van der Waals surface area contributed by atoms with Crippen molar-refractivity contribution in [2.75, 3.05) is 0 Å². The Labute approximate surface area is 147 Å². The van der Waals surface area contributed by atoms with E-state index in [0.29, 0.717) is 5.56 Å². The number of halogens is 2. The van der Waals surface area contributed by atoms with Crippen molar-refractivity contribution >= 4 is 17.5 Å². The summed E-state index contributed by atoms with van der Waals surface area (Å²) in [6.45, 7) is 0. The van der Waals surface area contributed by atoms with Gasteiger partial charge in [-0.1, -0.05) is 18.2 Å². The van der Waals surface area contributed by atoms with Crippen LogP contribution in [-0.4, -0.2) is 22.8 Å². The predicted octanol–water partition coefficient (Wildman–Crippen LogP) is 1.63. The Morgan fingerprint density at radius 3 is 2.50 bits per heavy atom. The van der Waals surface area contributed by atoms with Crippen molar-refractivity contribution in [3.05, 3.63) is 75.3 Å². The Hall–Kier alpha value is -3.36. The van der Waals surface area contributed by atoms with Crippen LogP contribution >= 0.6 is 0 Å². The third kappa shape index (κ3) is 5.07. The van der Waals surface area contributed by atoms with E-state index in [1.54, 1.807) is 6.07 Å². The van der Waals surface area contributed by atoms with E-state index in [9.17, 15) is 28.5 Å². The number of nitro benzene ring substituents is 1. The lowest BCUT2D eigenvalue weighted by atomic mass is 10.0. The molecule has 0 spiro atoms.